The second-order valence-electron chi connectivity index (χ2n) is 10.1. The Morgan fingerprint density at radius 1 is 0.750 bits per heavy atom. The molecule has 0 saturated carbocycles. The van der Waals surface area contributed by atoms with Crippen LogP contribution >= 0.6 is 0 Å². The van der Waals surface area contributed by atoms with Crippen LogP contribution in [-0.2, 0) is 4.43 Å². The van der Waals surface area contributed by atoms with Crippen molar-refractivity contribution in [3.63, 3.8) is 0 Å². The molecule has 3 aromatic rings. The number of hydrogen-bond donors (Lipinski definition) is 0. The molecular weight excluding hydrogens is 467 g/mol. The summed E-state index contributed by atoms with van der Waals surface area (Å²) in [5, 5.41) is 1.25. The van der Waals surface area contributed by atoms with Crippen molar-refractivity contribution in [2.45, 2.75) is 50.5 Å². The number of benzene rings is 3. The minimum atomic E-state index is -2.73. The summed E-state index contributed by atoms with van der Waals surface area (Å²) in [5.74, 6) is 0. The molecule has 0 fully saturated rings. The third-order valence-electron chi connectivity index (χ3n) is 6.78. The maximum absolute atomic E-state index is 6.49. The van der Waals surface area contributed by atoms with E-state index in [0.29, 0.717) is 0 Å². The van der Waals surface area contributed by atoms with Gasteiger partial charge in [-0.15, -0.1) is 0 Å². The van der Waals surface area contributed by atoms with Crippen LogP contribution in [0, 0.1) is 0 Å². The molecule has 0 unspecified atom stereocenters. The predicted molar refractivity (Wildman–Crippen MR) is 146 cm³/mol. The summed E-state index contributed by atoms with van der Waals surface area (Å²) in [6.07, 6.45) is 0.919. The van der Waals surface area contributed by atoms with Crippen LogP contribution in [0.1, 0.15) is 27.2 Å². The van der Waals surface area contributed by atoms with Crippen molar-refractivity contribution in [3.8, 4) is 0 Å². The first-order chi connectivity index (χ1) is 15.2. The first-order valence-corrected chi connectivity index (χ1v) is 18.6. The van der Waals surface area contributed by atoms with Gasteiger partial charge in [-0.1, -0.05) is 0 Å². The van der Waals surface area contributed by atoms with E-state index in [9.17, 15) is 0 Å². The zero-order valence-corrected chi connectivity index (χ0v) is 23.2. The zero-order chi connectivity index (χ0) is 23.2. The predicted octanol–water partition coefficient (Wildman–Crippen LogP) is 6.12. The molecule has 0 aliphatic heterocycles. The fourth-order valence-electron chi connectivity index (χ4n) is 3.85. The van der Waals surface area contributed by atoms with Crippen molar-refractivity contribution in [1.29, 1.82) is 0 Å². The molecule has 168 valence electrons. The Kier molecular flexibility index (Phi) is 8.04. The molecule has 0 atom stereocenters. The van der Waals surface area contributed by atoms with Gasteiger partial charge in [0.1, 0.15) is 0 Å². The van der Waals surface area contributed by atoms with Gasteiger partial charge in [0.25, 0.3) is 0 Å². The third kappa shape index (κ3) is 5.54. The average Bonchev–Trinajstić information content (AvgIpc) is 2.78. The van der Waals surface area contributed by atoms with E-state index in [0.717, 1.165) is 18.2 Å². The molecule has 0 amide bonds. The van der Waals surface area contributed by atoms with E-state index in [-0.39, 0.29) is 5.04 Å². The van der Waals surface area contributed by atoms with Gasteiger partial charge in [-0.3, -0.25) is 0 Å². The Balaban J connectivity index is 1.96. The molecule has 0 aliphatic carbocycles. The number of hydrogen-bond acceptors (Lipinski definition) is 1. The van der Waals surface area contributed by atoms with Crippen molar-refractivity contribution < 1.29 is 4.43 Å². The molecule has 32 heavy (non-hydrogen) atoms. The van der Waals surface area contributed by atoms with E-state index < -0.39 is 21.9 Å². The van der Waals surface area contributed by atoms with Crippen molar-refractivity contribution in [3.05, 3.63) is 103 Å². The second kappa shape index (κ2) is 10.4. The molecule has 1 nitrogen and oxygen atoms in total. The van der Waals surface area contributed by atoms with E-state index in [1.165, 1.54) is 18.6 Å². The van der Waals surface area contributed by atoms with Crippen molar-refractivity contribution in [2.75, 3.05) is 6.61 Å². The van der Waals surface area contributed by atoms with Crippen LogP contribution in [0.2, 0.25) is 23.3 Å². The van der Waals surface area contributed by atoms with Gasteiger partial charge in [-0.05, 0) is 0 Å². The molecule has 3 aromatic carbocycles. The van der Waals surface area contributed by atoms with Gasteiger partial charge in [-0.25, -0.2) is 0 Å². The van der Waals surface area contributed by atoms with Crippen LogP contribution in [0.4, 0.5) is 0 Å². The fourth-order valence-corrected chi connectivity index (χ4v) is 13.9. The molecule has 0 radical (unpaired) electrons. The van der Waals surface area contributed by atoms with Gasteiger partial charge in [0.15, 0.2) is 0 Å². The van der Waals surface area contributed by atoms with Crippen molar-refractivity contribution >= 4 is 34.9 Å². The first-order valence-electron chi connectivity index (χ1n) is 11.5. The summed E-state index contributed by atoms with van der Waals surface area (Å²) < 4.78 is 10.9. The summed E-state index contributed by atoms with van der Waals surface area (Å²) in [4.78, 5) is 0. The standard InChI is InChI=1S/C29H38AsOSi/c1-25(22-23-31-32(5,6)29(2,3)4)24-30(26-16-10-7-11-17-26,27-18-12-8-13-19-27)28-20-14-9-15-21-28/h7-21H,1,22-24H2,2-6H3/q+1. The Hall–Kier alpha value is -1.86. The first kappa shape index (κ1) is 24.8. The molecule has 0 heterocycles. The third-order valence-corrected chi connectivity index (χ3v) is 20.7. The Bertz CT molecular complexity index is 895. The summed E-state index contributed by atoms with van der Waals surface area (Å²) in [6.45, 7) is 16.9. The van der Waals surface area contributed by atoms with E-state index >= 15 is 0 Å². The molecule has 0 saturated heterocycles. The molecule has 3 rings (SSSR count). The molecule has 3 heteroatoms. The molecule has 0 bridgehead atoms. The van der Waals surface area contributed by atoms with E-state index in [2.05, 4.69) is 131 Å². The summed E-state index contributed by atoms with van der Waals surface area (Å²) >= 11 is -2.73. The van der Waals surface area contributed by atoms with Crippen LogP contribution in [0.3, 0.4) is 0 Å². The summed E-state index contributed by atoms with van der Waals surface area (Å²) in [6, 6.07) is 33.4. The van der Waals surface area contributed by atoms with E-state index in [1.54, 1.807) is 0 Å². The normalized spacial score (nSPS) is 12.5. The van der Waals surface area contributed by atoms with Gasteiger partial charge in [0.05, 0.1) is 0 Å². The zero-order valence-electron chi connectivity index (χ0n) is 20.3. The van der Waals surface area contributed by atoms with E-state index in [1.807, 2.05) is 0 Å². The van der Waals surface area contributed by atoms with Gasteiger partial charge < -0.3 is 0 Å². The fraction of sp³-hybridized carbons (Fsp3) is 0.310. The Morgan fingerprint density at radius 3 is 1.47 bits per heavy atom. The Morgan fingerprint density at radius 2 is 1.12 bits per heavy atom. The second-order valence-corrected chi connectivity index (χ2v) is 22.2. The SMILES string of the molecule is C=C(CCO[Si](C)(C)C(C)(C)C)C[As+](c1ccccc1)(c1ccccc1)c1ccccc1. The van der Waals surface area contributed by atoms with Crippen LogP contribution in [0.15, 0.2) is 103 Å². The van der Waals surface area contributed by atoms with Gasteiger partial charge in [0, 0.05) is 0 Å². The minimum absolute atomic E-state index is 0.229. The van der Waals surface area contributed by atoms with Crippen LogP contribution in [-0.4, -0.2) is 28.5 Å². The summed E-state index contributed by atoms with van der Waals surface area (Å²) in [5.41, 5.74) is 1.30. The summed E-state index contributed by atoms with van der Waals surface area (Å²) in [7, 11) is -1.75. The van der Waals surface area contributed by atoms with Crippen molar-refractivity contribution in [2.24, 2.45) is 0 Å². The van der Waals surface area contributed by atoms with Crippen LogP contribution in [0.25, 0.3) is 0 Å². The monoisotopic (exact) mass is 505 g/mol. The quantitative estimate of drug-likeness (QED) is 0.251. The molecule has 0 N–H and O–H groups in total. The van der Waals surface area contributed by atoms with Gasteiger partial charge in [-0.2, -0.15) is 0 Å². The van der Waals surface area contributed by atoms with Crippen LogP contribution < -0.4 is 13.1 Å². The Labute approximate surface area is 199 Å². The van der Waals surface area contributed by atoms with Crippen molar-refractivity contribution in [1.82, 2.24) is 0 Å². The van der Waals surface area contributed by atoms with E-state index in [4.69, 9.17) is 4.43 Å². The van der Waals surface area contributed by atoms with Gasteiger partial charge in [0.2, 0.25) is 0 Å². The molecule has 0 aromatic heterocycles. The average molecular weight is 506 g/mol. The number of rotatable bonds is 9. The molecular formula is C29H38AsOSi+. The topological polar surface area (TPSA) is 9.23 Å². The maximum atomic E-state index is 6.49. The molecule has 0 spiro atoms. The van der Waals surface area contributed by atoms with Crippen LogP contribution in [0.5, 0.6) is 0 Å². The molecule has 0 aliphatic rings. The van der Waals surface area contributed by atoms with Gasteiger partial charge >= 0.3 is 200 Å².